The lowest BCUT2D eigenvalue weighted by Gasteiger charge is -2.02. The van der Waals surface area contributed by atoms with Crippen LogP contribution < -0.4 is 0 Å². The molecule has 0 atom stereocenters. The molecular formula is C17H9BrClN3OS. The molecule has 3 rings (SSSR count). The van der Waals surface area contributed by atoms with Gasteiger partial charge < -0.3 is 5.11 Å². The summed E-state index contributed by atoms with van der Waals surface area (Å²) in [6.07, 6.45) is 1.41. The van der Waals surface area contributed by atoms with Crippen molar-refractivity contribution in [1.29, 1.82) is 5.26 Å². The standard InChI is InChI=1S/C17H9BrClN3OS/c18-12-4-1-10(2-5-12)14-9-24-17(22-14)13(7-20)16(23)11-3-6-15(19)21-8-11/h1-6,8-9,23H/b16-13-. The van der Waals surface area contributed by atoms with Gasteiger partial charge in [-0.2, -0.15) is 5.26 Å². The Morgan fingerprint density at radius 3 is 2.58 bits per heavy atom. The number of aliphatic hydroxyl groups is 1. The van der Waals surface area contributed by atoms with Gasteiger partial charge in [0, 0.05) is 27.2 Å². The first kappa shape index (κ1) is 16.7. The van der Waals surface area contributed by atoms with E-state index >= 15 is 0 Å². The van der Waals surface area contributed by atoms with Crippen LogP contribution in [-0.4, -0.2) is 15.1 Å². The van der Waals surface area contributed by atoms with Crippen molar-refractivity contribution in [3.63, 3.8) is 0 Å². The van der Waals surface area contributed by atoms with E-state index in [-0.39, 0.29) is 11.3 Å². The number of halogens is 2. The predicted molar refractivity (Wildman–Crippen MR) is 99.6 cm³/mol. The molecule has 24 heavy (non-hydrogen) atoms. The summed E-state index contributed by atoms with van der Waals surface area (Å²) in [7, 11) is 0. The molecule has 0 unspecified atom stereocenters. The van der Waals surface area contributed by atoms with Gasteiger partial charge in [-0.3, -0.25) is 0 Å². The fourth-order valence-electron chi connectivity index (χ4n) is 2.00. The fraction of sp³-hybridized carbons (Fsp3) is 0. The average molecular weight is 419 g/mol. The SMILES string of the molecule is N#C/C(=C(/O)c1ccc(Cl)nc1)c1nc(-c2ccc(Br)cc2)cs1. The number of nitriles is 1. The molecule has 1 aromatic carbocycles. The van der Waals surface area contributed by atoms with E-state index in [1.54, 1.807) is 12.1 Å². The maximum atomic E-state index is 10.4. The zero-order valence-electron chi connectivity index (χ0n) is 12.1. The quantitative estimate of drug-likeness (QED) is 0.343. The van der Waals surface area contributed by atoms with Gasteiger partial charge in [-0.1, -0.05) is 39.7 Å². The van der Waals surface area contributed by atoms with Gasteiger partial charge in [-0.25, -0.2) is 9.97 Å². The average Bonchev–Trinajstić information content (AvgIpc) is 3.06. The maximum Gasteiger partial charge on any atom is 0.145 e. The lowest BCUT2D eigenvalue weighted by molar-refractivity contribution is 0.513. The lowest BCUT2D eigenvalue weighted by atomic mass is 10.1. The van der Waals surface area contributed by atoms with E-state index in [1.807, 2.05) is 35.7 Å². The summed E-state index contributed by atoms with van der Waals surface area (Å²) < 4.78 is 0.979. The van der Waals surface area contributed by atoms with E-state index in [0.29, 0.717) is 15.7 Å². The van der Waals surface area contributed by atoms with Crippen LogP contribution in [0.5, 0.6) is 0 Å². The molecule has 0 saturated carbocycles. The number of aliphatic hydroxyl groups excluding tert-OH is 1. The van der Waals surface area contributed by atoms with Crippen LogP contribution in [0.4, 0.5) is 0 Å². The van der Waals surface area contributed by atoms with E-state index in [0.717, 1.165) is 15.7 Å². The van der Waals surface area contributed by atoms with Crippen molar-refractivity contribution in [2.45, 2.75) is 0 Å². The molecule has 0 saturated heterocycles. The van der Waals surface area contributed by atoms with Crippen molar-refractivity contribution in [2.75, 3.05) is 0 Å². The molecule has 3 aromatic rings. The minimum atomic E-state index is -0.168. The number of rotatable bonds is 3. The molecule has 0 aliphatic rings. The van der Waals surface area contributed by atoms with Crippen LogP contribution in [0.15, 0.2) is 52.4 Å². The second-order valence-electron chi connectivity index (χ2n) is 4.75. The molecule has 0 spiro atoms. The Labute approximate surface area is 155 Å². The number of benzene rings is 1. The Balaban J connectivity index is 2.00. The lowest BCUT2D eigenvalue weighted by Crippen LogP contribution is -1.91. The van der Waals surface area contributed by atoms with Gasteiger partial charge in [0.2, 0.25) is 0 Å². The van der Waals surface area contributed by atoms with Crippen molar-refractivity contribution in [2.24, 2.45) is 0 Å². The van der Waals surface area contributed by atoms with Gasteiger partial charge in [0.05, 0.1) is 5.69 Å². The first-order valence-electron chi connectivity index (χ1n) is 6.75. The monoisotopic (exact) mass is 417 g/mol. The van der Waals surface area contributed by atoms with Gasteiger partial charge in [0.1, 0.15) is 27.6 Å². The van der Waals surface area contributed by atoms with E-state index in [2.05, 4.69) is 25.9 Å². The van der Waals surface area contributed by atoms with Crippen LogP contribution >= 0.6 is 38.9 Å². The van der Waals surface area contributed by atoms with E-state index in [9.17, 15) is 10.4 Å². The van der Waals surface area contributed by atoms with Gasteiger partial charge in [-0.15, -0.1) is 11.3 Å². The molecule has 7 heteroatoms. The van der Waals surface area contributed by atoms with Gasteiger partial charge in [-0.05, 0) is 24.3 Å². The summed E-state index contributed by atoms with van der Waals surface area (Å²) in [4.78, 5) is 8.37. The van der Waals surface area contributed by atoms with Crippen LogP contribution in [0.3, 0.4) is 0 Å². The molecule has 0 aliphatic heterocycles. The third-order valence-corrected chi connectivity index (χ3v) is 4.82. The highest BCUT2D eigenvalue weighted by Gasteiger charge is 2.15. The highest BCUT2D eigenvalue weighted by Crippen LogP contribution is 2.30. The highest BCUT2D eigenvalue weighted by atomic mass is 79.9. The van der Waals surface area contributed by atoms with Crippen molar-refractivity contribution < 1.29 is 5.11 Å². The zero-order chi connectivity index (χ0) is 17.1. The Hall–Kier alpha value is -2.20. The van der Waals surface area contributed by atoms with Gasteiger partial charge in [0.15, 0.2) is 0 Å². The molecule has 4 nitrogen and oxygen atoms in total. The summed E-state index contributed by atoms with van der Waals surface area (Å²) >= 11 is 10.4. The van der Waals surface area contributed by atoms with E-state index in [4.69, 9.17) is 11.6 Å². The molecule has 2 heterocycles. The van der Waals surface area contributed by atoms with Crippen LogP contribution in [0, 0.1) is 11.3 Å². The first-order chi connectivity index (χ1) is 11.6. The molecule has 0 radical (unpaired) electrons. The largest absolute Gasteiger partial charge is 0.506 e. The molecule has 0 bridgehead atoms. The molecular weight excluding hydrogens is 410 g/mol. The van der Waals surface area contributed by atoms with Crippen molar-refractivity contribution in [1.82, 2.24) is 9.97 Å². The summed E-state index contributed by atoms with van der Waals surface area (Å²) in [6.45, 7) is 0. The maximum absolute atomic E-state index is 10.4. The number of aromatic nitrogens is 2. The Bertz CT molecular complexity index is 943. The topological polar surface area (TPSA) is 69.8 Å². The summed E-state index contributed by atoms with van der Waals surface area (Å²) in [5.41, 5.74) is 2.20. The molecule has 0 aliphatic carbocycles. The molecule has 2 aromatic heterocycles. The number of pyridine rings is 1. The minimum absolute atomic E-state index is 0.104. The number of allylic oxidation sites excluding steroid dienone is 1. The third-order valence-electron chi connectivity index (χ3n) is 3.21. The van der Waals surface area contributed by atoms with Crippen molar-refractivity contribution in [3.05, 3.63) is 68.2 Å². The summed E-state index contributed by atoms with van der Waals surface area (Å²) in [5.74, 6) is -0.168. The first-order valence-corrected chi connectivity index (χ1v) is 8.80. The predicted octanol–water partition coefficient (Wildman–Crippen LogP) is 5.57. The Morgan fingerprint density at radius 2 is 1.96 bits per heavy atom. The zero-order valence-corrected chi connectivity index (χ0v) is 15.2. The molecule has 0 amide bonds. The third kappa shape index (κ3) is 3.49. The van der Waals surface area contributed by atoms with Crippen LogP contribution in [0.25, 0.3) is 22.6 Å². The minimum Gasteiger partial charge on any atom is -0.506 e. The summed E-state index contributed by atoms with van der Waals surface area (Å²) in [6, 6.07) is 12.9. The van der Waals surface area contributed by atoms with Crippen LogP contribution in [-0.2, 0) is 0 Å². The highest BCUT2D eigenvalue weighted by molar-refractivity contribution is 9.10. The van der Waals surface area contributed by atoms with Gasteiger partial charge >= 0.3 is 0 Å². The molecule has 0 fully saturated rings. The van der Waals surface area contributed by atoms with Crippen LogP contribution in [0.2, 0.25) is 5.15 Å². The number of nitrogens with zero attached hydrogens (tertiary/aromatic N) is 3. The van der Waals surface area contributed by atoms with Gasteiger partial charge in [0.25, 0.3) is 0 Å². The van der Waals surface area contributed by atoms with Crippen molar-refractivity contribution in [3.8, 4) is 17.3 Å². The second kappa shape index (κ2) is 7.14. The van der Waals surface area contributed by atoms with Crippen molar-refractivity contribution >= 4 is 50.2 Å². The second-order valence-corrected chi connectivity index (χ2v) is 6.91. The number of hydrogen-bond donors (Lipinski definition) is 1. The fourth-order valence-corrected chi connectivity index (χ4v) is 3.20. The number of hydrogen-bond acceptors (Lipinski definition) is 5. The smallest absolute Gasteiger partial charge is 0.145 e. The Morgan fingerprint density at radius 1 is 1.21 bits per heavy atom. The van der Waals surface area contributed by atoms with E-state index < -0.39 is 0 Å². The number of thiazole rings is 1. The molecule has 1 N–H and O–H groups in total. The van der Waals surface area contributed by atoms with Crippen LogP contribution in [0.1, 0.15) is 10.6 Å². The Kier molecular flexibility index (Phi) is 4.95. The van der Waals surface area contributed by atoms with E-state index in [1.165, 1.54) is 17.5 Å². The normalized spacial score (nSPS) is 11.7. The summed E-state index contributed by atoms with van der Waals surface area (Å²) in [5, 5.41) is 22.4. The molecule has 118 valence electrons.